The second-order valence-electron chi connectivity index (χ2n) is 7.29. The zero-order valence-electron chi connectivity index (χ0n) is 16.2. The highest BCUT2D eigenvalue weighted by atomic mass is 16.5. The minimum Gasteiger partial charge on any atom is -0.490 e. The molecule has 148 valence electrons. The zero-order valence-corrected chi connectivity index (χ0v) is 16.2. The van der Waals surface area contributed by atoms with E-state index in [2.05, 4.69) is 10.3 Å². The molecule has 0 aromatic carbocycles. The highest BCUT2D eigenvalue weighted by Crippen LogP contribution is 2.23. The SMILES string of the molecule is CC(C)NCC(O)COc1ccc(OCCOCC2CCCCC2)cn1. The van der Waals surface area contributed by atoms with E-state index in [-0.39, 0.29) is 6.61 Å². The molecule has 2 rings (SSSR count). The van der Waals surface area contributed by atoms with Crippen LogP contribution < -0.4 is 14.8 Å². The van der Waals surface area contributed by atoms with Crippen LogP contribution in [0.5, 0.6) is 11.6 Å². The van der Waals surface area contributed by atoms with Crippen LogP contribution in [0.15, 0.2) is 18.3 Å². The first-order valence-electron chi connectivity index (χ1n) is 9.84. The third-order valence-corrected chi connectivity index (χ3v) is 4.47. The fourth-order valence-corrected chi connectivity index (χ4v) is 2.97. The van der Waals surface area contributed by atoms with Gasteiger partial charge in [0.05, 0.1) is 12.8 Å². The normalized spacial score (nSPS) is 16.6. The molecule has 1 aliphatic carbocycles. The van der Waals surface area contributed by atoms with Crippen molar-refractivity contribution in [3.05, 3.63) is 18.3 Å². The Morgan fingerprint density at radius 1 is 1.15 bits per heavy atom. The van der Waals surface area contributed by atoms with Gasteiger partial charge in [0.2, 0.25) is 5.88 Å². The quantitative estimate of drug-likeness (QED) is 0.554. The molecule has 1 unspecified atom stereocenters. The van der Waals surface area contributed by atoms with E-state index in [1.165, 1.54) is 32.1 Å². The van der Waals surface area contributed by atoms with Crippen LogP contribution in [-0.4, -0.2) is 55.2 Å². The number of rotatable bonds is 12. The molecule has 1 fully saturated rings. The summed E-state index contributed by atoms with van der Waals surface area (Å²) in [7, 11) is 0. The lowest BCUT2D eigenvalue weighted by atomic mass is 9.90. The highest BCUT2D eigenvalue weighted by Gasteiger charge is 2.13. The van der Waals surface area contributed by atoms with Crippen molar-refractivity contribution in [3.8, 4) is 11.6 Å². The molecule has 6 heteroatoms. The molecule has 1 aliphatic rings. The van der Waals surface area contributed by atoms with Gasteiger partial charge in [-0.15, -0.1) is 0 Å². The molecule has 1 aromatic heterocycles. The van der Waals surface area contributed by atoms with Crippen LogP contribution in [0, 0.1) is 5.92 Å². The van der Waals surface area contributed by atoms with Gasteiger partial charge in [-0.25, -0.2) is 4.98 Å². The molecule has 26 heavy (non-hydrogen) atoms. The third kappa shape index (κ3) is 8.83. The van der Waals surface area contributed by atoms with Crippen molar-refractivity contribution < 1.29 is 19.3 Å². The van der Waals surface area contributed by atoms with Gasteiger partial charge in [0, 0.05) is 25.3 Å². The average molecular weight is 367 g/mol. The highest BCUT2D eigenvalue weighted by molar-refractivity contribution is 5.22. The summed E-state index contributed by atoms with van der Waals surface area (Å²) in [4.78, 5) is 4.20. The fourth-order valence-electron chi connectivity index (χ4n) is 2.97. The Kier molecular flexibility index (Phi) is 9.74. The number of aliphatic hydroxyl groups excluding tert-OH is 1. The van der Waals surface area contributed by atoms with Gasteiger partial charge in [0.25, 0.3) is 0 Å². The van der Waals surface area contributed by atoms with Crippen molar-refractivity contribution in [3.63, 3.8) is 0 Å². The first-order valence-corrected chi connectivity index (χ1v) is 9.84. The van der Waals surface area contributed by atoms with Gasteiger partial charge in [-0.2, -0.15) is 0 Å². The summed E-state index contributed by atoms with van der Waals surface area (Å²) < 4.78 is 16.8. The topological polar surface area (TPSA) is 72.8 Å². The summed E-state index contributed by atoms with van der Waals surface area (Å²) in [6, 6.07) is 3.91. The Bertz CT molecular complexity index is 475. The van der Waals surface area contributed by atoms with E-state index in [0.29, 0.717) is 37.4 Å². The fraction of sp³-hybridized carbons (Fsp3) is 0.750. The summed E-state index contributed by atoms with van der Waals surface area (Å²) in [5.74, 6) is 1.91. The Labute approximate surface area is 157 Å². The van der Waals surface area contributed by atoms with Crippen molar-refractivity contribution in [2.75, 3.05) is 33.0 Å². The predicted molar refractivity (Wildman–Crippen MR) is 102 cm³/mol. The summed E-state index contributed by atoms with van der Waals surface area (Å²) >= 11 is 0. The lowest BCUT2D eigenvalue weighted by Crippen LogP contribution is -2.35. The lowest BCUT2D eigenvalue weighted by Gasteiger charge is -2.21. The maximum atomic E-state index is 9.82. The molecule has 1 aromatic rings. The van der Waals surface area contributed by atoms with E-state index in [1.54, 1.807) is 12.3 Å². The number of aromatic nitrogens is 1. The minimum atomic E-state index is -0.559. The van der Waals surface area contributed by atoms with Crippen LogP contribution in [0.25, 0.3) is 0 Å². The van der Waals surface area contributed by atoms with E-state index < -0.39 is 6.10 Å². The number of hydrogen-bond acceptors (Lipinski definition) is 6. The molecule has 2 N–H and O–H groups in total. The smallest absolute Gasteiger partial charge is 0.213 e. The van der Waals surface area contributed by atoms with E-state index in [0.717, 1.165) is 12.5 Å². The molecule has 0 aliphatic heterocycles. The third-order valence-electron chi connectivity index (χ3n) is 4.47. The second-order valence-corrected chi connectivity index (χ2v) is 7.29. The van der Waals surface area contributed by atoms with Crippen molar-refractivity contribution >= 4 is 0 Å². The van der Waals surface area contributed by atoms with Gasteiger partial charge in [0.1, 0.15) is 25.1 Å². The second kappa shape index (κ2) is 12.1. The van der Waals surface area contributed by atoms with Crippen molar-refractivity contribution in [2.45, 2.75) is 58.1 Å². The number of ether oxygens (including phenoxy) is 3. The summed E-state index contributed by atoms with van der Waals surface area (Å²) in [6.07, 6.45) is 7.74. The van der Waals surface area contributed by atoms with Gasteiger partial charge in [0.15, 0.2) is 0 Å². The molecular weight excluding hydrogens is 332 g/mol. The van der Waals surface area contributed by atoms with Gasteiger partial charge < -0.3 is 24.6 Å². The molecule has 1 saturated carbocycles. The van der Waals surface area contributed by atoms with Gasteiger partial charge in [-0.3, -0.25) is 0 Å². The molecule has 0 bridgehead atoms. The largest absolute Gasteiger partial charge is 0.490 e. The van der Waals surface area contributed by atoms with Crippen LogP contribution >= 0.6 is 0 Å². The molecule has 0 spiro atoms. The van der Waals surface area contributed by atoms with Crippen molar-refractivity contribution in [1.82, 2.24) is 10.3 Å². The van der Waals surface area contributed by atoms with Crippen LogP contribution in [0.4, 0.5) is 0 Å². The van der Waals surface area contributed by atoms with E-state index >= 15 is 0 Å². The first kappa shape index (κ1) is 20.9. The van der Waals surface area contributed by atoms with Gasteiger partial charge in [-0.1, -0.05) is 33.1 Å². The summed E-state index contributed by atoms with van der Waals surface area (Å²) in [6.45, 7) is 6.76. The summed E-state index contributed by atoms with van der Waals surface area (Å²) in [5, 5.41) is 13.0. The van der Waals surface area contributed by atoms with E-state index in [4.69, 9.17) is 14.2 Å². The molecule has 0 amide bonds. The van der Waals surface area contributed by atoms with E-state index in [1.807, 2.05) is 19.9 Å². The number of nitrogens with zero attached hydrogens (tertiary/aromatic N) is 1. The number of hydrogen-bond donors (Lipinski definition) is 2. The standard InChI is InChI=1S/C20H34N2O4/c1-16(2)21-12-18(23)15-26-20-9-8-19(13-22-20)25-11-10-24-14-17-6-4-3-5-7-17/h8-9,13,16-18,21,23H,3-7,10-12,14-15H2,1-2H3. The molecule has 6 nitrogen and oxygen atoms in total. The van der Waals surface area contributed by atoms with Crippen LogP contribution in [0.3, 0.4) is 0 Å². The van der Waals surface area contributed by atoms with Gasteiger partial charge in [-0.05, 0) is 24.8 Å². The van der Waals surface area contributed by atoms with Crippen molar-refractivity contribution in [1.29, 1.82) is 0 Å². The molecular formula is C20H34N2O4. The predicted octanol–water partition coefficient (Wildman–Crippen LogP) is 2.79. The van der Waals surface area contributed by atoms with Crippen LogP contribution in [0.2, 0.25) is 0 Å². The lowest BCUT2D eigenvalue weighted by molar-refractivity contribution is 0.0634. The number of aliphatic hydroxyl groups is 1. The zero-order chi connectivity index (χ0) is 18.6. The average Bonchev–Trinajstić information content (AvgIpc) is 2.66. The van der Waals surface area contributed by atoms with Crippen LogP contribution in [-0.2, 0) is 4.74 Å². The monoisotopic (exact) mass is 366 g/mol. The summed E-state index contributed by atoms with van der Waals surface area (Å²) in [5.41, 5.74) is 0. The van der Waals surface area contributed by atoms with Gasteiger partial charge >= 0.3 is 0 Å². The van der Waals surface area contributed by atoms with E-state index in [9.17, 15) is 5.11 Å². The Morgan fingerprint density at radius 2 is 1.96 bits per heavy atom. The maximum absolute atomic E-state index is 9.82. The number of pyridine rings is 1. The minimum absolute atomic E-state index is 0.210. The first-order chi connectivity index (χ1) is 12.6. The number of nitrogens with one attached hydrogen (secondary N) is 1. The Balaban J connectivity index is 1.55. The van der Waals surface area contributed by atoms with Crippen molar-refractivity contribution in [2.24, 2.45) is 5.92 Å². The maximum Gasteiger partial charge on any atom is 0.213 e. The molecule has 1 heterocycles. The van der Waals surface area contributed by atoms with Crippen LogP contribution in [0.1, 0.15) is 46.0 Å². The Morgan fingerprint density at radius 3 is 2.65 bits per heavy atom. The Hall–Kier alpha value is -1.37. The molecule has 0 radical (unpaired) electrons. The molecule has 0 saturated heterocycles. The molecule has 1 atom stereocenters.